The Bertz CT molecular complexity index is 394. The van der Waals surface area contributed by atoms with E-state index in [2.05, 4.69) is 17.4 Å². The fourth-order valence-corrected chi connectivity index (χ4v) is 2.12. The number of aromatic nitrogens is 1. The van der Waals surface area contributed by atoms with E-state index in [4.69, 9.17) is 11.6 Å². The minimum atomic E-state index is 0.616. The van der Waals surface area contributed by atoms with E-state index in [0.29, 0.717) is 5.15 Å². The molecule has 0 radical (unpaired) electrons. The Hall–Kier alpha value is -0.600. The number of nitrogens with zero attached hydrogens (tertiary/aromatic N) is 1. The molecule has 0 aliphatic rings. The van der Waals surface area contributed by atoms with Gasteiger partial charge in [-0.3, -0.25) is 0 Å². The van der Waals surface area contributed by atoms with E-state index in [-0.39, 0.29) is 0 Å². The summed E-state index contributed by atoms with van der Waals surface area (Å²) in [4.78, 5) is 0. The Morgan fingerprint density at radius 3 is 3.09 bits per heavy atom. The van der Waals surface area contributed by atoms with Crippen LogP contribution < -0.4 is 0 Å². The third kappa shape index (κ3) is 1.12. The Balaban J connectivity index is 2.86. The smallest absolute Gasteiger partial charge is 0.150 e. The molecule has 0 aliphatic carbocycles. The van der Waals surface area contributed by atoms with Crippen molar-refractivity contribution in [2.45, 2.75) is 6.92 Å². The predicted octanol–water partition coefficient (Wildman–Crippen LogP) is 3.26. The van der Waals surface area contributed by atoms with Crippen molar-refractivity contribution in [3.63, 3.8) is 0 Å². The van der Waals surface area contributed by atoms with Crippen LogP contribution in [0.25, 0.3) is 10.1 Å². The molecule has 0 spiro atoms. The van der Waals surface area contributed by atoms with E-state index in [9.17, 15) is 0 Å². The van der Waals surface area contributed by atoms with Crippen LogP contribution in [0.15, 0.2) is 18.2 Å². The second-order valence-electron chi connectivity index (χ2n) is 2.47. The molecule has 0 saturated heterocycles. The normalized spacial score (nSPS) is 10.7. The lowest BCUT2D eigenvalue weighted by Crippen LogP contribution is -1.68. The summed E-state index contributed by atoms with van der Waals surface area (Å²) in [5.74, 6) is 0. The molecule has 0 saturated carbocycles. The molecule has 0 bridgehead atoms. The van der Waals surface area contributed by atoms with Gasteiger partial charge in [-0.25, -0.2) is 0 Å². The van der Waals surface area contributed by atoms with Crippen LogP contribution in [0.4, 0.5) is 0 Å². The molecule has 11 heavy (non-hydrogen) atoms. The van der Waals surface area contributed by atoms with Crippen molar-refractivity contribution in [2.24, 2.45) is 0 Å². The van der Waals surface area contributed by atoms with Crippen molar-refractivity contribution in [1.82, 2.24) is 4.37 Å². The molecule has 0 atom stereocenters. The van der Waals surface area contributed by atoms with Gasteiger partial charge in [-0.15, -0.1) is 0 Å². The van der Waals surface area contributed by atoms with Gasteiger partial charge in [0.05, 0.1) is 4.70 Å². The topological polar surface area (TPSA) is 12.9 Å². The molecule has 1 aromatic carbocycles. The third-order valence-electron chi connectivity index (χ3n) is 1.58. The standard InChI is InChI=1S/C8H6ClNS/c1-5-2-3-6-7(4-5)11-10-8(6)9/h2-4H,1H3. The SMILES string of the molecule is Cc1ccc2c(Cl)nsc2c1. The van der Waals surface area contributed by atoms with E-state index < -0.39 is 0 Å². The number of fused-ring (bicyclic) bond motifs is 1. The Labute approximate surface area is 73.8 Å². The molecule has 2 aromatic rings. The van der Waals surface area contributed by atoms with E-state index in [1.54, 1.807) is 0 Å². The Morgan fingerprint density at radius 1 is 1.45 bits per heavy atom. The van der Waals surface area contributed by atoms with E-state index in [1.807, 2.05) is 12.1 Å². The molecule has 2 rings (SSSR count). The first-order valence-corrected chi connectivity index (χ1v) is 4.44. The number of benzene rings is 1. The van der Waals surface area contributed by atoms with Crippen LogP contribution in [-0.2, 0) is 0 Å². The first-order valence-electron chi connectivity index (χ1n) is 3.29. The maximum absolute atomic E-state index is 5.82. The zero-order valence-electron chi connectivity index (χ0n) is 5.97. The van der Waals surface area contributed by atoms with Gasteiger partial charge in [0.15, 0.2) is 5.15 Å². The van der Waals surface area contributed by atoms with Gasteiger partial charge in [-0.2, -0.15) is 4.37 Å². The highest BCUT2D eigenvalue weighted by Gasteiger charge is 2.01. The number of aryl methyl sites for hydroxylation is 1. The van der Waals surface area contributed by atoms with Crippen LogP contribution in [0.3, 0.4) is 0 Å². The Kier molecular flexibility index (Phi) is 1.59. The van der Waals surface area contributed by atoms with Crippen LogP contribution in [0.2, 0.25) is 5.15 Å². The van der Waals surface area contributed by atoms with E-state index in [1.165, 1.54) is 17.1 Å². The maximum Gasteiger partial charge on any atom is 0.150 e. The zero-order valence-corrected chi connectivity index (χ0v) is 7.54. The van der Waals surface area contributed by atoms with Gasteiger partial charge >= 0.3 is 0 Å². The molecule has 0 N–H and O–H groups in total. The average molecular weight is 184 g/mol. The minimum absolute atomic E-state index is 0.616. The first kappa shape index (κ1) is 7.07. The molecule has 0 aliphatic heterocycles. The number of halogens is 1. The van der Waals surface area contributed by atoms with Gasteiger partial charge in [0.25, 0.3) is 0 Å². The molecule has 0 unspecified atom stereocenters. The lowest BCUT2D eigenvalue weighted by Gasteiger charge is -1.90. The van der Waals surface area contributed by atoms with Crippen LogP contribution >= 0.6 is 23.1 Å². The summed E-state index contributed by atoms with van der Waals surface area (Å²) in [5, 5.41) is 1.67. The van der Waals surface area contributed by atoms with Gasteiger partial charge in [0.2, 0.25) is 0 Å². The lowest BCUT2D eigenvalue weighted by molar-refractivity contribution is 1.51. The molecule has 1 heterocycles. The van der Waals surface area contributed by atoms with Crippen LogP contribution in [0, 0.1) is 6.92 Å². The van der Waals surface area contributed by atoms with Crippen molar-refractivity contribution in [3.8, 4) is 0 Å². The number of hydrogen-bond donors (Lipinski definition) is 0. The quantitative estimate of drug-likeness (QED) is 0.611. The lowest BCUT2D eigenvalue weighted by atomic mass is 10.2. The Morgan fingerprint density at radius 2 is 2.27 bits per heavy atom. The fourth-order valence-electron chi connectivity index (χ4n) is 1.01. The molecule has 0 amide bonds. The second kappa shape index (κ2) is 2.47. The molecular formula is C8H6ClNS. The molecular weight excluding hydrogens is 178 g/mol. The van der Waals surface area contributed by atoms with Gasteiger partial charge < -0.3 is 0 Å². The molecule has 0 fully saturated rings. The van der Waals surface area contributed by atoms with Crippen molar-refractivity contribution in [2.75, 3.05) is 0 Å². The highest BCUT2D eigenvalue weighted by molar-refractivity contribution is 7.13. The van der Waals surface area contributed by atoms with Crippen molar-refractivity contribution in [1.29, 1.82) is 0 Å². The van der Waals surface area contributed by atoms with Gasteiger partial charge in [0, 0.05) is 5.39 Å². The minimum Gasteiger partial charge on any atom is -0.180 e. The number of rotatable bonds is 0. The van der Waals surface area contributed by atoms with Crippen molar-refractivity contribution in [3.05, 3.63) is 28.9 Å². The summed E-state index contributed by atoms with van der Waals surface area (Å²) in [7, 11) is 0. The average Bonchev–Trinajstić information content (AvgIpc) is 2.32. The second-order valence-corrected chi connectivity index (χ2v) is 3.64. The third-order valence-corrected chi connectivity index (χ3v) is 2.78. The molecule has 1 aromatic heterocycles. The summed E-state index contributed by atoms with van der Waals surface area (Å²) < 4.78 is 5.21. The van der Waals surface area contributed by atoms with Crippen LogP contribution in [0.5, 0.6) is 0 Å². The highest BCUT2D eigenvalue weighted by atomic mass is 35.5. The van der Waals surface area contributed by atoms with Gasteiger partial charge in [0.1, 0.15) is 0 Å². The van der Waals surface area contributed by atoms with Gasteiger partial charge in [-0.05, 0) is 30.1 Å². The largest absolute Gasteiger partial charge is 0.180 e. The monoisotopic (exact) mass is 183 g/mol. The maximum atomic E-state index is 5.82. The fraction of sp³-hybridized carbons (Fsp3) is 0.125. The van der Waals surface area contributed by atoms with Crippen molar-refractivity contribution < 1.29 is 0 Å². The van der Waals surface area contributed by atoms with Crippen molar-refractivity contribution >= 4 is 33.2 Å². The van der Waals surface area contributed by atoms with Crippen LogP contribution in [0.1, 0.15) is 5.56 Å². The summed E-state index contributed by atoms with van der Waals surface area (Å²) in [5.41, 5.74) is 1.25. The summed E-state index contributed by atoms with van der Waals surface area (Å²) in [6.45, 7) is 2.06. The predicted molar refractivity (Wildman–Crippen MR) is 49.4 cm³/mol. The molecule has 3 heteroatoms. The summed E-state index contributed by atoms with van der Waals surface area (Å²) in [6.07, 6.45) is 0. The van der Waals surface area contributed by atoms with E-state index in [0.717, 1.165) is 10.1 Å². The summed E-state index contributed by atoms with van der Waals surface area (Å²) in [6, 6.07) is 6.15. The summed E-state index contributed by atoms with van der Waals surface area (Å²) >= 11 is 7.27. The highest BCUT2D eigenvalue weighted by Crippen LogP contribution is 2.26. The molecule has 1 nitrogen and oxygen atoms in total. The van der Waals surface area contributed by atoms with Crippen LogP contribution in [-0.4, -0.2) is 4.37 Å². The zero-order chi connectivity index (χ0) is 7.84. The van der Waals surface area contributed by atoms with Gasteiger partial charge in [-0.1, -0.05) is 23.7 Å². The van der Waals surface area contributed by atoms with E-state index >= 15 is 0 Å². The first-order chi connectivity index (χ1) is 5.27. The number of hydrogen-bond acceptors (Lipinski definition) is 2. The molecule has 56 valence electrons.